The van der Waals surface area contributed by atoms with Gasteiger partial charge in [0.1, 0.15) is 23.1 Å². The molecule has 1 amide bonds. The molecule has 6 nitrogen and oxygen atoms in total. The minimum absolute atomic E-state index is 0.0511. The topological polar surface area (TPSA) is 94.4 Å². The third-order valence-electron chi connectivity index (χ3n) is 3.12. The lowest BCUT2D eigenvalue weighted by Crippen LogP contribution is -2.14. The number of rotatable bonds is 6. The van der Waals surface area contributed by atoms with Crippen molar-refractivity contribution in [1.82, 2.24) is 0 Å². The molecule has 2 rings (SSSR count). The van der Waals surface area contributed by atoms with Crippen LogP contribution in [0.4, 0.5) is 11.4 Å². The molecule has 0 aromatic heterocycles. The van der Waals surface area contributed by atoms with Crippen LogP contribution in [0.5, 0.6) is 11.5 Å². The second-order valence-corrected chi connectivity index (χ2v) is 5.32. The van der Waals surface area contributed by atoms with E-state index in [4.69, 9.17) is 21.6 Å². The summed E-state index contributed by atoms with van der Waals surface area (Å²) in [6.45, 7) is 2.43. The number of phenols is 1. The highest BCUT2D eigenvalue weighted by Crippen LogP contribution is 2.26. The van der Waals surface area contributed by atoms with Crippen LogP contribution in [0.25, 0.3) is 0 Å². The first-order chi connectivity index (χ1) is 12.0. The van der Waals surface area contributed by atoms with E-state index in [1.807, 2.05) is 6.92 Å². The Kier molecular flexibility index (Phi) is 6.26. The molecule has 0 saturated carbocycles. The summed E-state index contributed by atoms with van der Waals surface area (Å²) in [5, 5.41) is 24.6. The van der Waals surface area contributed by atoms with Crippen molar-refractivity contribution in [2.75, 3.05) is 17.2 Å². The predicted octanol–water partition coefficient (Wildman–Crippen LogP) is 3.90. The van der Waals surface area contributed by atoms with Gasteiger partial charge in [-0.2, -0.15) is 5.26 Å². The molecule has 7 heteroatoms. The van der Waals surface area contributed by atoms with Crippen LogP contribution in [0.3, 0.4) is 0 Å². The number of carbonyl (C=O) groups excluding carboxylic acids is 1. The summed E-state index contributed by atoms with van der Waals surface area (Å²) in [5.41, 5.74) is 0.655. The highest BCUT2D eigenvalue weighted by molar-refractivity contribution is 6.30. The molecule has 128 valence electrons. The SMILES string of the molecule is CCOc1ccc(NC(=O)/C(C#N)=C\Nc2cc(Cl)ccc2O)cc1. The molecule has 0 aliphatic rings. The third-order valence-corrected chi connectivity index (χ3v) is 3.35. The second kappa shape index (κ2) is 8.62. The number of anilines is 2. The number of nitrogens with one attached hydrogen (secondary N) is 2. The number of phenolic OH excluding ortho intramolecular Hbond substituents is 1. The molecule has 0 unspecified atom stereocenters. The van der Waals surface area contributed by atoms with Gasteiger partial charge in [0.05, 0.1) is 12.3 Å². The van der Waals surface area contributed by atoms with Gasteiger partial charge < -0.3 is 20.5 Å². The zero-order valence-electron chi connectivity index (χ0n) is 13.4. The van der Waals surface area contributed by atoms with Gasteiger partial charge in [0.15, 0.2) is 0 Å². The normalized spacial score (nSPS) is 10.7. The van der Waals surface area contributed by atoms with E-state index in [9.17, 15) is 9.90 Å². The standard InChI is InChI=1S/C18H16ClN3O3/c1-2-25-15-6-4-14(5-7-15)22-18(24)12(10-20)11-21-16-9-13(19)3-8-17(16)23/h3-9,11,21,23H,2H2,1H3,(H,22,24)/b12-11-. The van der Waals surface area contributed by atoms with E-state index < -0.39 is 5.91 Å². The first kappa shape index (κ1) is 18.2. The maximum atomic E-state index is 12.2. The summed E-state index contributed by atoms with van der Waals surface area (Å²) >= 11 is 5.84. The maximum absolute atomic E-state index is 12.2. The Bertz CT molecular complexity index is 826. The molecular weight excluding hydrogens is 342 g/mol. The lowest BCUT2D eigenvalue weighted by molar-refractivity contribution is -0.112. The highest BCUT2D eigenvalue weighted by Gasteiger charge is 2.10. The quantitative estimate of drug-likeness (QED) is 0.414. The molecule has 0 radical (unpaired) electrons. The van der Waals surface area contributed by atoms with E-state index in [2.05, 4.69) is 10.6 Å². The zero-order valence-corrected chi connectivity index (χ0v) is 14.2. The zero-order chi connectivity index (χ0) is 18.2. The number of carbonyl (C=O) groups is 1. The van der Waals surface area contributed by atoms with Crippen molar-refractivity contribution in [1.29, 1.82) is 5.26 Å². The van der Waals surface area contributed by atoms with Crippen molar-refractivity contribution in [3.63, 3.8) is 0 Å². The fourth-order valence-electron chi connectivity index (χ4n) is 1.92. The molecule has 2 aromatic carbocycles. The summed E-state index contributed by atoms with van der Waals surface area (Å²) in [6.07, 6.45) is 1.20. The third kappa shape index (κ3) is 5.16. The average Bonchev–Trinajstić information content (AvgIpc) is 2.60. The fraction of sp³-hybridized carbons (Fsp3) is 0.111. The molecule has 2 aromatic rings. The van der Waals surface area contributed by atoms with E-state index in [0.717, 1.165) is 0 Å². The number of aromatic hydroxyl groups is 1. The van der Waals surface area contributed by atoms with Gasteiger partial charge in [0.25, 0.3) is 5.91 Å². The number of nitriles is 1. The highest BCUT2D eigenvalue weighted by atomic mass is 35.5. The lowest BCUT2D eigenvalue weighted by Gasteiger charge is -2.08. The van der Waals surface area contributed by atoms with Crippen LogP contribution in [0.1, 0.15) is 6.92 Å². The Hall–Kier alpha value is -3.17. The van der Waals surface area contributed by atoms with E-state index in [1.165, 1.54) is 24.4 Å². The molecule has 0 saturated heterocycles. The van der Waals surface area contributed by atoms with Crippen molar-refractivity contribution < 1.29 is 14.6 Å². The number of nitrogens with zero attached hydrogens (tertiary/aromatic N) is 1. The number of amides is 1. The second-order valence-electron chi connectivity index (χ2n) is 4.89. The van der Waals surface area contributed by atoms with Crippen molar-refractivity contribution in [3.8, 4) is 17.6 Å². The fourth-order valence-corrected chi connectivity index (χ4v) is 2.09. The molecule has 0 heterocycles. The number of hydrogen-bond acceptors (Lipinski definition) is 5. The Morgan fingerprint density at radius 2 is 2.04 bits per heavy atom. The molecule has 25 heavy (non-hydrogen) atoms. The molecule has 0 fully saturated rings. The van der Waals surface area contributed by atoms with Gasteiger partial charge >= 0.3 is 0 Å². The van der Waals surface area contributed by atoms with Crippen molar-refractivity contribution >= 4 is 28.9 Å². The van der Waals surface area contributed by atoms with Crippen molar-refractivity contribution in [3.05, 3.63) is 59.3 Å². The number of halogens is 1. The summed E-state index contributed by atoms with van der Waals surface area (Å²) in [4.78, 5) is 12.2. The minimum Gasteiger partial charge on any atom is -0.506 e. The average molecular weight is 358 g/mol. The molecule has 0 aliphatic carbocycles. The van der Waals surface area contributed by atoms with Crippen LogP contribution in [0.2, 0.25) is 5.02 Å². The Morgan fingerprint density at radius 3 is 2.68 bits per heavy atom. The van der Waals surface area contributed by atoms with Crippen molar-refractivity contribution in [2.45, 2.75) is 6.92 Å². The van der Waals surface area contributed by atoms with E-state index in [1.54, 1.807) is 30.3 Å². The molecule has 0 aliphatic heterocycles. The Balaban J connectivity index is 2.07. The minimum atomic E-state index is -0.583. The van der Waals surface area contributed by atoms with Crippen LogP contribution in [0.15, 0.2) is 54.2 Å². The predicted molar refractivity (Wildman–Crippen MR) is 96.7 cm³/mol. The lowest BCUT2D eigenvalue weighted by atomic mass is 10.2. The van der Waals surface area contributed by atoms with E-state index in [-0.39, 0.29) is 17.0 Å². The molecule has 0 spiro atoms. The van der Waals surface area contributed by atoms with Gasteiger partial charge in [0.2, 0.25) is 0 Å². The smallest absolute Gasteiger partial charge is 0.267 e. The van der Waals surface area contributed by atoms with Crippen LogP contribution < -0.4 is 15.4 Å². The van der Waals surface area contributed by atoms with Gasteiger partial charge in [-0.3, -0.25) is 4.79 Å². The van der Waals surface area contributed by atoms with Gasteiger partial charge in [0, 0.05) is 16.9 Å². The van der Waals surface area contributed by atoms with Crippen LogP contribution in [-0.2, 0) is 4.79 Å². The largest absolute Gasteiger partial charge is 0.506 e. The van der Waals surface area contributed by atoms with Crippen molar-refractivity contribution in [2.24, 2.45) is 0 Å². The van der Waals surface area contributed by atoms with E-state index >= 15 is 0 Å². The van der Waals surface area contributed by atoms with Crippen LogP contribution in [-0.4, -0.2) is 17.6 Å². The first-order valence-electron chi connectivity index (χ1n) is 7.43. The molecule has 0 atom stereocenters. The first-order valence-corrected chi connectivity index (χ1v) is 7.80. The number of benzene rings is 2. The molecular formula is C18H16ClN3O3. The molecule has 0 bridgehead atoms. The van der Waals surface area contributed by atoms with Crippen LogP contribution in [0, 0.1) is 11.3 Å². The Labute approximate surface area is 150 Å². The van der Waals surface area contributed by atoms with Gasteiger partial charge in [-0.1, -0.05) is 11.6 Å². The summed E-state index contributed by atoms with van der Waals surface area (Å²) < 4.78 is 5.32. The van der Waals surface area contributed by atoms with Crippen LogP contribution >= 0.6 is 11.6 Å². The Morgan fingerprint density at radius 1 is 1.32 bits per heavy atom. The van der Waals surface area contributed by atoms with Gasteiger partial charge in [-0.25, -0.2) is 0 Å². The summed E-state index contributed by atoms with van der Waals surface area (Å²) in [7, 11) is 0. The van der Waals surface area contributed by atoms with E-state index in [0.29, 0.717) is 23.1 Å². The van der Waals surface area contributed by atoms with Gasteiger partial charge in [-0.05, 0) is 49.4 Å². The number of ether oxygens (including phenoxy) is 1. The monoisotopic (exact) mass is 357 g/mol. The maximum Gasteiger partial charge on any atom is 0.267 e. The summed E-state index contributed by atoms with van der Waals surface area (Å²) in [5.74, 6) is 0.0557. The molecule has 3 N–H and O–H groups in total. The van der Waals surface area contributed by atoms with Gasteiger partial charge in [-0.15, -0.1) is 0 Å². The number of hydrogen-bond donors (Lipinski definition) is 3. The summed E-state index contributed by atoms with van der Waals surface area (Å²) in [6, 6.07) is 13.0.